The molecule has 13 heteroatoms. The van der Waals surface area contributed by atoms with Crippen LogP contribution in [0.1, 0.15) is 15.9 Å². The third-order valence-electron chi connectivity index (χ3n) is 3.94. The predicted octanol–water partition coefficient (Wildman–Crippen LogP) is 5.94. The number of hydrogen-bond donors (Lipinski definition) is 1. The van der Waals surface area contributed by atoms with Gasteiger partial charge >= 0.3 is 12.5 Å². The van der Waals surface area contributed by atoms with Crippen molar-refractivity contribution in [2.45, 2.75) is 12.5 Å². The number of rotatable bonds is 5. The van der Waals surface area contributed by atoms with Gasteiger partial charge in [0, 0.05) is 12.1 Å². The molecule has 3 rings (SSSR count). The standard InChI is InChI=1S/C20H11ClF6N2O4/c21-16-9-17(32-12-3-5-13(6-4-12)33-20(25,26)27)14(8-15(16)19(22,23)24)18(30)28-11-2-1-7-29(31)10-11/h1-10H,(H,28,30). The van der Waals surface area contributed by atoms with Crippen LogP contribution >= 0.6 is 11.6 Å². The summed E-state index contributed by atoms with van der Waals surface area (Å²) in [4.78, 5) is 12.7. The number of nitrogens with one attached hydrogen (secondary N) is 1. The van der Waals surface area contributed by atoms with Crippen LogP contribution in [0, 0.1) is 5.21 Å². The Morgan fingerprint density at radius 1 is 1.00 bits per heavy atom. The van der Waals surface area contributed by atoms with E-state index in [0.717, 1.165) is 42.7 Å². The summed E-state index contributed by atoms with van der Waals surface area (Å²) < 4.78 is 86.3. The lowest BCUT2D eigenvalue weighted by atomic mass is 10.1. The second kappa shape index (κ2) is 9.06. The van der Waals surface area contributed by atoms with Gasteiger partial charge in [-0.3, -0.25) is 4.79 Å². The Kier molecular flexibility index (Phi) is 6.58. The molecule has 0 saturated heterocycles. The molecule has 3 aromatic rings. The van der Waals surface area contributed by atoms with Gasteiger partial charge in [0.25, 0.3) is 5.91 Å². The number of pyridine rings is 1. The van der Waals surface area contributed by atoms with Crippen LogP contribution in [0.15, 0.2) is 60.9 Å². The van der Waals surface area contributed by atoms with E-state index in [0.29, 0.717) is 10.8 Å². The molecule has 1 aromatic heterocycles. The molecule has 0 radical (unpaired) electrons. The van der Waals surface area contributed by atoms with E-state index in [9.17, 15) is 36.3 Å². The van der Waals surface area contributed by atoms with Gasteiger partial charge in [0.15, 0.2) is 6.20 Å². The zero-order valence-corrected chi connectivity index (χ0v) is 16.8. The molecular formula is C20H11ClF6N2O4. The van der Waals surface area contributed by atoms with Gasteiger partial charge in [-0.15, -0.1) is 13.2 Å². The molecule has 0 spiro atoms. The second-order valence-electron chi connectivity index (χ2n) is 6.35. The van der Waals surface area contributed by atoms with Gasteiger partial charge in [-0.05, 0) is 36.4 Å². The number of halogens is 7. The van der Waals surface area contributed by atoms with Gasteiger partial charge < -0.3 is 20.0 Å². The summed E-state index contributed by atoms with van der Waals surface area (Å²) >= 11 is 5.71. The van der Waals surface area contributed by atoms with Gasteiger partial charge in [-0.25, -0.2) is 0 Å². The molecule has 0 aliphatic carbocycles. The molecule has 0 unspecified atom stereocenters. The highest BCUT2D eigenvalue weighted by Gasteiger charge is 2.35. The minimum absolute atomic E-state index is 0.0133. The Bertz CT molecular complexity index is 1170. The van der Waals surface area contributed by atoms with Crippen molar-refractivity contribution in [3.8, 4) is 17.2 Å². The van der Waals surface area contributed by atoms with Gasteiger partial charge in [0.2, 0.25) is 6.20 Å². The molecule has 0 fully saturated rings. The number of benzene rings is 2. The highest BCUT2D eigenvalue weighted by atomic mass is 35.5. The van der Waals surface area contributed by atoms with Gasteiger partial charge in [-0.1, -0.05) is 11.6 Å². The van der Waals surface area contributed by atoms with Crippen molar-refractivity contribution >= 4 is 23.2 Å². The number of anilines is 1. The van der Waals surface area contributed by atoms with Crippen LogP contribution in [-0.4, -0.2) is 12.3 Å². The molecule has 174 valence electrons. The van der Waals surface area contributed by atoms with E-state index in [1.54, 1.807) is 0 Å². The zero-order valence-electron chi connectivity index (χ0n) is 16.0. The number of alkyl halides is 6. The number of amides is 1. The first kappa shape index (κ1) is 24.0. The van der Waals surface area contributed by atoms with E-state index in [2.05, 4.69) is 10.1 Å². The zero-order chi connectivity index (χ0) is 24.4. The largest absolute Gasteiger partial charge is 0.619 e. The molecule has 0 saturated carbocycles. The quantitative estimate of drug-likeness (QED) is 0.272. The lowest BCUT2D eigenvalue weighted by Gasteiger charge is -2.16. The van der Waals surface area contributed by atoms with E-state index in [-0.39, 0.29) is 11.4 Å². The highest BCUT2D eigenvalue weighted by molar-refractivity contribution is 6.31. The highest BCUT2D eigenvalue weighted by Crippen LogP contribution is 2.40. The molecule has 6 nitrogen and oxygen atoms in total. The number of ether oxygens (including phenoxy) is 2. The average Bonchev–Trinajstić information content (AvgIpc) is 2.67. The minimum Gasteiger partial charge on any atom is -0.619 e. The van der Waals surface area contributed by atoms with Crippen LogP contribution in [0.3, 0.4) is 0 Å². The van der Waals surface area contributed by atoms with E-state index in [1.807, 2.05) is 0 Å². The Labute approximate surface area is 186 Å². The molecule has 1 amide bonds. The number of hydrogen-bond acceptors (Lipinski definition) is 4. The molecule has 1 N–H and O–H groups in total. The first-order chi connectivity index (χ1) is 15.3. The summed E-state index contributed by atoms with van der Waals surface area (Å²) in [6, 6.07) is 7.75. The van der Waals surface area contributed by atoms with Crippen LogP contribution in [0.5, 0.6) is 17.2 Å². The number of nitrogens with zero attached hydrogens (tertiary/aromatic N) is 1. The number of aromatic nitrogens is 1. The van der Waals surface area contributed by atoms with E-state index >= 15 is 0 Å². The molecular weight excluding hydrogens is 482 g/mol. The third-order valence-corrected chi connectivity index (χ3v) is 4.25. The first-order valence-corrected chi connectivity index (χ1v) is 9.14. The van der Waals surface area contributed by atoms with Gasteiger partial charge in [-0.2, -0.15) is 17.9 Å². The van der Waals surface area contributed by atoms with E-state index in [4.69, 9.17) is 16.3 Å². The Hall–Kier alpha value is -3.67. The van der Waals surface area contributed by atoms with Crippen LogP contribution in [0.2, 0.25) is 5.02 Å². The topological polar surface area (TPSA) is 74.5 Å². The van der Waals surface area contributed by atoms with Crippen LogP contribution < -0.4 is 19.5 Å². The van der Waals surface area contributed by atoms with Crippen molar-refractivity contribution in [1.29, 1.82) is 0 Å². The van der Waals surface area contributed by atoms with Crippen molar-refractivity contribution in [3.63, 3.8) is 0 Å². The fraction of sp³-hybridized carbons (Fsp3) is 0.100. The molecule has 0 aliphatic heterocycles. The molecule has 0 aliphatic rings. The Morgan fingerprint density at radius 2 is 1.64 bits per heavy atom. The van der Waals surface area contributed by atoms with Gasteiger partial charge in [0.1, 0.15) is 22.9 Å². The summed E-state index contributed by atoms with van der Waals surface area (Å²) in [5, 5.41) is 12.8. The van der Waals surface area contributed by atoms with Gasteiger partial charge in [0.05, 0.1) is 16.1 Å². The van der Waals surface area contributed by atoms with Crippen molar-refractivity contribution < 1.29 is 45.3 Å². The summed E-state index contributed by atoms with van der Waals surface area (Å²) in [5.74, 6) is -2.16. The van der Waals surface area contributed by atoms with E-state index in [1.165, 1.54) is 12.1 Å². The van der Waals surface area contributed by atoms with E-state index < -0.39 is 46.1 Å². The predicted molar refractivity (Wildman–Crippen MR) is 103 cm³/mol. The average molecular weight is 493 g/mol. The summed E-state index contributed by atoms with van der Waals surface area (Å²) in [6.07, 6.45) is -7.72. The minimum atomic E-state index is -4.92. The summed E-state index contributed by atoms with van der Waals surface area (Å²) in [6.45, 7) is 0. The van der Waals surface area contributed by atoms with Crippen LogP contribution in [-0.2, 0) is 6.18 Å². The fourth-order valence-corrected chi connectivity index (χ4v) is 2.86. The molecule has 1 heterocycles. The summed E-state index contributed by atoms with van der Waals surface area (Å²) in [7, 11) is 0. The van der Waals surface area contributed by atoms with Crippen LogP contribution in [0.25, 0.3) is 0 Å². The maximum atomic E-state index is 13.3. The van der Waals surface area contributed by atoms with Crippen molar-refractivity contribution in [2.75, 3.05) is 5.32 Å². The van der Waals surface area contributed by atoms with Crippen molar-refractivity contribution in [2.24, 2.45) is 0 Å². The molecule has 0 atom stereocenters. The van der Waals surface area contributed by atoms with Crippen molar-refractivity contribution in [3.05, 3.63) is 82.3 Å². The molecule has 33 heavy (non-hydrogen) atoms. The fourth-order valence-electron chi connectivity index (χ4n) is 2.60. The monoisotopic (exact) mass is 492 g/mol. The molecule has 0 bridgehead atoms. The Morgan fingerprint density at radius 3 is 2.21 bits per heavy atom. The Balaban J connectivity index is 1.96. The second-order valence-corrected chi connectivity index (χ2v) is 6.76. The smallest absolute Gasteiger partial charge is 0.573 e. The van der Waals surface area contributed by atoms with Crippen molar-refractivity contribution in [1.82, 2.24) is 0 Å². The van der Waals surface area contributed by atoms with Crippen LogP contribution in [0.4, 0.5) is 32.0 Å². The molecule has 2 aromatic carbocycles. The first-order valence-electron chi connectivity index (χ1n) is 8.76. The number of carbonyl (C=O) groups excluding carboxylic acids is 1. The number of carbonyl (C=O) groups is 1. The SMILES string of the molecule is O=C(Nc1ccc[n+]([O-])c1)c1cc(C(F)(F)F)c(Cl)cc1Oc1ccc(OC(F)(F)F)cc1. The maximum absolute atomic E-state index is 13.3. The normalized spacial score (nSPS) is 11.7. The maximum Gasteiger partial charge on any atom is 0.573 e. The lowest BCUT2D eigenvalue weighted by Crippen LogP contribution is -2.25. The third kappa shape index (κ3) is 6.42. The lowest BCUT2D eigenvalue weighted by molar-refractivity contribution is -0.604. The summed E-state index contributed by atoms with van der Waals surface area (Å²) in [5.41, 5.74) is -1.92.